The number of nitrogens with one attached hydrogen (secondary N) is 1. The predicted molar refractivity (Wildman–Crippen MR) is 96.2 cm³/mol. The molecule has 3 aromatic rings. The average molecular weight is 392 g/mol. The Morgan fingerprint density at radius 3 is 2.50 bits per heavy atom. The maximum Gasteiger partial charge on any atom is 0.262 e. The Hall–Kier alpha value is -2.50. The van der Waals surface area contributed by atoms with Gasteiger partial charge in [0.05, 0.1) is 10.0 Å². The van der Waals surface area contributed by atoms with Crippen molar-refractivity contribution < 1.29 is 18.5 Å². The van der Waals surface area contributed by atoms with E-state index in [1.54, 1.807) is 35.2 Å². The van der Waals surface area contributed by atoms with E-state index in [1.807, 2.05) is 0 Å². The molecule has 0 aliphatic rings. The fourth-order valence-electron chi connectivity index (χ4n) is 2.53. The Morgan fingerprint density at radius 2 is 1.77 bits per heavy atom. The Bertz CT molecular complexity index is 985. The van der Waals surface area contributed by atoms with E-state index in [9.17, 15) is 14.0 Å². The van der Waals surface area contributed by atoms with Crippen LogP contribution in [0.1, 0.15) is 26.5 Å². The summed E-state index contributed by atoms with van der Waals surface area (Å²) in [4.78, 5) is 27.8. The molecule has 0 radical (unpaired) electrons. The van der Waals surface area contributed by atoms with Crippen molar-refractivity contribution in [1.29, 1.82) is 0 Å². The summed E-state index contributed by atoms with van der Waals surface area (Å²) in [7, 11) is 0. The second-order valence-corrected chi connectivity index (χ2v) is 6.51. The van der Waals surface area contributed by atoms with Gasteiger partial charge in [0.25, 0.3) is 5.82 Å². The van der Waals surface area contributed by atoms with Crippen molar-refractivity contribution in [2.45, 2.75) is 13.0 Å². The molecule has 0 saturated heterocycles. The smallest absolute Gasteiger partial charge is 0.262 e. The zero-order chi connectivity index (χ0) is 18.7. The highest BCUT2D eigenvalue weighted by molar-refractivity contribution is 6.42. The van der Waals surface area contributed by atoms with Crippen LogP contribution in [0.4, 0.5) is 4.39 Å². The van der Waals surface area contributed by atoms with Crippen LogP contribution < -0.4 is 4.57 Å². The normalized spacial score (nSPS) is 10.7. The molecule has 7 heteroatoms. The van der Waals surface area contributed by atoms with E-state index in [0.717, 1.165) is 0 Å². The van der Waals surface area contributed by atoms with Gasteiger partial charge in [-0.3, -0.25) is 9.59 Å². The van der Waals surface area contributed by atoms with Crippen molar-refractivity contribution in [3.63, 3.8) is 0 Å². The quantitative estimate of drug-likeness (QED) is 0.508. The number of halogens is 3. The van der Waals surface area contributed by atoms with E-state index in [-0.39, 0.29) is 30.1 Å². The molecule has 1 aromatic heterocycles. The van der Waals surface area contributed by atoms with Gasteiger partial charge >= 0.3 is 0 Å². The molecule has 1 heterocycles. The average Bonchev–Trinajstić information content (AvgIpc) is 3.04. The maximum absolute atomic E-state index is 13.3. The van der Waals surface area contributed by atoms with Crippen LogP contribution in [0.25, 0.3) is 0 Å². The second-order valence-electron chi connectivity index (χ2n) is 5.70. The summed E-state index contributed by atoms with van der Waals surface area (Å²) in [6.45, 7) is -0.00304. The highest BCUT2D eigenvalue weighted by Gasteiger charge is 2.20. The number of nitrogens with zero attached hydrogens (tertiary/aromatic N) is 1. The molecule has 0 atom stereocenters. The lowest BCUT2D eigenvalue weighted by Crippen LogP contribution is -2.40. The predicted octanol–water partition coefficient (Wildman–Crippen LogP) is 4.06. The first-order chi connectivity index (χ1) is 12.4. The standard InChI is InChI=1S/C19H13Cl2FN2O2/c20-15-5-4-13(9-16(15)21)17(25)10-19-23-6-7-24(19)11-18(26)12-2-1-3-14(22)8-12/h1-9H,10-11H2/p+1. The van der Waals surface area contributed by atoms with E-state index in [4.69, 9.17) is 23.2 Å². The van der Waals surface area contributed by atoms with Crippen molar-refractivity contribution >= 4 is 34.8 Å². The summed E-state index contributed by atoms with van der Waals surface area (Å²) < 4.78 is 14.9. The van der Waals surface area contributed by atoms with Crippen LogP contribution in [0.15, 0.2) is 54.9 Å². The molecule has 26 heavy (non-hydrogen) atoms. The summed E-state index contributed by atoms with van der Waals surface area (Å²) in [5.74, 6) is -0.328. The number of rotatable bonds is 6. The molecule has 0 aliphatic heterocycles. The van der Waals surface area contributed by atoms with Crippen molar-refractivity contribution in [2.75, 3.05) is 0 Å². The van der Waals surface area contributed by atoms with E-state index < -0.39 is 5.82 Å². The molecule has 0 fully saturated rings. The molecule has 0 saturated carbocycles. The molecule has 0 bridgehead atoms. The number of ketones is 2. The van der Waals surface area contributed by atoms with E-state index in [2.05, 4.69) is 4.98 Å². The van der Waals surface area contributed by atoms with Crippen molar-refractivity contribution in [1.82, 2.24) is 4.98 Å². The molecular formula is C19H14Cl2FN2O2+. The Balaban J connectivity index is 1.75. The molecule has 3 rings (SSSR count). The van der Waals surface area contributed by atoms with E-state index in [0.29, 0.717) is 21.4 Å². The highest BCUT2D eigenvalue weighted by Crippen LogP contribution is 2.23. The maximum atomic E-state index is 13.3. The van der Waals surface area contributed by atoms with Crippen LogP contribution in [0.5, 0.6) is 0 Å². The van der Waals surface area contributed by atoms with Crippen LogP contribution >= 0.6 is 23.2 Å². The second kappa shape index (κ2) is 7.81. The SMILES string of the molecule is O=C(Cc1[nH]cc[n+]1CC(=O)c1cccc(F)c1)c1ccc(Cl)c(Cl)c1. The molecule has 4 nitrogen and oxygen atoms in total. The van der Waals surface area contributed by atoms with Crippen molar-refractivity contribution in [3.05, 3.63) is 87.7 Å². The lowest BCUT2D eigenvalue weighted by molar-refractivity contribution is -0.688. The molecule has 1 N–H and O–H groups in total. The van der Waals surface area contributed by atoms with Crippen molar-refractivity contribution in [3.8, 4) is 0 Å². The first kappa shape index (κ1) is 18.3. The molecule has 2 aromatic carbocycles. The zero-order valence-corrected chi connectivity index (χ0v) is 15.0. The molecular weight excluding hydrogens is 378 g/mol. The number of aromatic nitrogens is 2. The van der Waals surface area contributed by atoms with Gasteiger partial charge in [0.2, 0.25) is 5.78 Å². The lowest BCUT2D eigenvalue weighted by Gasteiger charge is -2.03. The summed E-state index contributed by atoms with van der Waals surface area (Å²) >= 11 is 11.8. The molecule has 0 amide bonds. The fraction of sp³-hybridized carbons (Fsp3) is 0.105. The third kappa shape index (κ3) is 4.18. The first-order valence-corrected chi connectivity index (χ1v) is 8.52. The number of carbonyl (C=O) groups is 2. The van der Waals surface area contributed by atoms with Crippen LogP contribution in [0.3, 0.4) is 0 Å². The molecule has 0 unspecified atom stereocenters. The number of carbonyl (C=O) groups excluding carboxylic acids is 2. The molecule has 0 spiro atoms. The van der Waals surface area contributed by atoms with Gasteiger partial charge in [-0.1, -0.05) is 35.3 Å². The van der Waals surface area contributed by atoms with Crippen LogP contribution in [0, 0.1) is 5.82 Å². The van der Waals surface area contributed by atoms with E-state index in [1.165, 1.54) is 24.3 Å². The van der Waals surface area contributed by atoms with Gasteiger partial charge in [-0.15, -0.1) is 0 Å². The van der Waals surface area contributed by atoms with Crippen LogP contribution in [-0.4, -0.2) is 16.6 Å². The zero-order valence-electron chi connectivity index (χ0n) is 13.5. The van der Waals surface area contributed by atoms with Gasteiger partial charge < -0.3 is 0 Å². The third-order valence-corrected chi connectivity index (χ3v) is 4.62. The fourth-order valence-corrected chi connectivity index (χ4v) is 2.83. The Morgan fingerprint density at radius 1 is 1.00 bits per heavy atom. The van der Waals surface area contributed by atoms with Gasteiger partial charge in [-0.05, 0) is 30.3 Å². The number of Topliss-reactive ketones (excluding diaryl/α,β-unsaturated/α-hetero) is 2. The minimum atomic E-state index is -0.468. The highest BCUT2D eigenvalue weighted by atomic mass is 35.5. The van der Waals surface area contributed by atoms with Gasteiger partial charge in [-0.25, -0.2) is 13.9 Å². The Labute approximate surface area is 159 Å². The lowest BCUT2D eigenvalue weighted by atomic mass is 10.1. The third-order valence-electron chi connectivity index (χ3n) is 3.88. The van der Waals surface area contributed by atoms with Gasteiger partial charge in [0.15, 0.2) is 12.3 Å². The number of imidazole rings is 1. The van der Waals surface area contributed by atoms with Crippen molar-refractivity contribution in [2.24, 2.45) is 0 Å². The van der Waals surface area contributed by atoms with Crippen LogP contribution in [-0.2, 0) is 13.0 Å². The van der Waals surface area contributed by atoms with Gasteiger partial charge in [-0.2, -0.15) is 0 Å². The summed E-state index contributed by atoms with van der Waals surface area (Å²) in [5.41, 5.74) is 0.706. The first-order valence-electron chi connectivity index (χ1n) is 7.77. The topological polar surface area (TPSA) is 53.8 Å². The number of hydrogen-bond acceptors (Lipinski definition) is 2. The summed E-state index contributed by atoms with van der Waals surface area (Å²) in [6, 6.07) is 10.2. The number of benzene rings is 2. The van der Waals surface area contributed by atoms with E-state index >= 15 is 0 Å². The number of H-pyrrole nitrogens is 1. The largest absolute Gasteiger partial charge is 0.293 e. The number of hydrogen-bond donors (Lipinski definition) is 1. The summed E-state index contributed by atoms with van der Waals surface area (Å²) in [5, 5.41) is 0.678. The molecule has 132 valence electrons. The van der Waals surface area contributed by atoms with Gasteiger partial charge in [0.1, 0.15) is 24.6 Å². The van der Waals surface area contributed by atoms with Crippen LogP contribution in [0.2, 0.25) is 10.0 Å². The monoisotopic (exact) mass is 391 g/mol. The van der Waals surface area contributed by atoms with Gasteiger partial charge in [0, 0.05) is 11.1 Å². The minimum absolute atomic E-state index is 0.00304. The number of aromatic amines is 1. The summed E-state index contributed by atoms with van der Waals surface area (Å²) in [6.07, 6.45) is 3.35. The minimum Gasteiger partial charge on any atom is -0.293 e. The molecule has 0 aliphatic carbocycles. The Kier molecular flexibility index (Phi) is 5.49.